The molecular weight excluding hydrogens is 384 g/mol. The van der Waals surface area contributed by atoms with Crippen LogP contribution < -0.4 is 9.03 Å². The van der Waals surface area contributed by atoms with E-state index in [1.807, 2.05) is 32.0 Å². The summed E-state index contributed by atoms with van der Waals surface area (Å²) in [7, 11) is -7.26. The molecule has 0 aliphatic carbocycles. The van der Waals surface area contributed by atoms with Crippen molar-refractivity contribution in [2.75, 3.05) is 21.3 Å². The molecule has 0 unspecified atom stereocenters. The van der Waals surface area contributed by atoms with Crippen LogP contribution >= 0.6 is 0 Å². The van der Waals surface area contributed by atoms with Crippen LogP contribution in [0.25, 0.3) is 0 Å². The van der Waals surface area contributed by atoms with Crippen molar-refractivity contribution < 1.29 is 16.8 Å². The molecule has 2 aromatic rings. The van der Waals surface area contributed by atoms with Gasteiger partial charge >= 0.3 is 0 Å². The van der Waals surface area contributed by atoms with E-state index in [0.717, 1.165) is 17.5 Å². The molecule has 0 saturated carbocycles. The zero-order valence-corrected chi connectivity index (χ0v) is 17.3. The Morgan fingerprint density at radius 3 is 2.26 bits per heavy atom. The molecule has 27 heavy (non-hydrogen) atoms. The largest absolute Gasteiger partial charge is 0.279 e. The van der Waals surface area contributed by atoms with Crippen molar-refractivity contribution in [2.45, 2.75) is 38.5 Å². The summed E-state index contributed by atoms with van der Waals surface area (Å²) in [4.78, 5) is 0.0865. The lowest BCUT2D eigenvalue weighted by Crippen LogP contribution is -2.38. The van der Waals surface area contributed by atoms with E-state index < -0.39 is 20.0 Å². The molecule has 0 bridgehead atoms. The van der Waals surface area contributed by atoms with Gasteiger partial charge in [0.05, 0.1) is 22.0 Å². The molecule has 0 radical (unpaired) electrons. The second-order valence-electron chi connectivity index (χ2n) is 6.92. The Labute approximate surface area is 161 Å². The fourth-order valence-corrected chi connectivity index (χ4v) is 6.38. The summed E-state index contributed by atoms with van der Waals surface area (Å²) in [5, 5.41) is 0. The monoisotopic (exact) mass is 408 g/mol. The maximum atomic E-state index is 13.0. The van der Waals surface area contributed by atoms with Gasteiger partial charge in [0.1, 0.15) is 0 Å². The Morgan fingerprint density at radius 2 is 1.63 bits per heavy atom. The lowest BCUT2D eigenvalue weighted by atomic mass is 10.1. The molecular formula is C19H24N2O4S2. The minimum atomic E-state index is -3.86. The average molecular weight is 409 g/mol. The van der Waals surface area contributed by atoms with E-state index >= 15 is 0 Å². The minimum Gasteiger partial charge on any atom is -0.279 e. The van der Waals surface area contributed by atoms with Crippen LogP contribution in [-0.2, 0) is 20.0 Å². The molecule has 0 amide bonds. The van der Waals surface area contributed by atoms with Gasteiger partial charge in [0.25, 0.3) is 10.0 Å². The molecule has 0 atom stereocenters. The summed E-state index contributed by atoms with van der Waals surface area (Å²) < 4.78 is 54.8. The number of nitrogens with zero attached hydrogens (tertiary/aromatic N) is 1. The molecule has 3 rings (SSSR count). The second-order valence-corrected chi connectivity index (χ2v) is 10.6. The Morgan fingerprint density at radius 1 is 0.963 bits per heavy atom. The fourth-order valence-electron chi connectivity index (χ4n) is 3.28. The first-order chi connectivity index (χ1) is 12.6. The van der Waals surface area contributed by atoms with Gasteiger partial charge in [-0.15, -0.1) is 0 Å². The number of hydrogen-bond donors (Lipinski definition) is 1. The maximum Gasteiger partial charge on any atom is 0.262 e. The highest BCUT2D eigenvalue weighted by molar-refractivity contribution is 7.93. The molecule has 1 fully saturated rings. The van der Waals surface area contributed by atoms with E-state index in [1.165, 1.54) is 10.4 Å². The number of hydrogen-bond acceptors (Lipinski definition) is 4. The first kappa shape index (κ1) is 19.7. The molecule has 6 nitrogen and oxygen atoms in total. The molecule has 0 spiro atoms. The quantitative estimate of drug-likeness (QED) is 0.841. The zero-order valence-electron chi connectivity index (χ0n) is 15.7. The summed E-state index contributed by atoms with van der Waals surface area (Å²) in [5.74, 6) is 0.0869. The number of para-hydroxylation sites is 1. The zero-order chi connectivity index (χ0) is 19.8. The van der Waals surface area contributed by atoms with Crippen LogP contribution in [0, 0.1) is 20.8 Å². The van der Waals surface area contributed by atoms with Gasteiger partial charge in [0, 0.05) is 6.54 Å². The standard InChI is InChI=1S/C19H24N2O4S2/c1-14-9-10-17(21-11-4-5-12-26(21,22)23)13-18(14)27(24,25)20-19-15(2)7-6-8-16(19)3/h6-10,13,20H,4-5,11-12H2,1-3H3. The molecule has 2 aromatic carbocycles. The summed E-state index contributed by atoms with van der Waals surface area (Å²) in [6.07, 6.45) is 1.39. The highest BCUT2D eigenvalue weighted by atomic mass is 32.2. The molecule has 0 aromatic heterocycles. The Balaban J connectivity index is 2.03. The van der Waals surface area contributed by atoms with Crippen molar-refractivity contribution in [1.29, 1.82) is 0 Å². The van der Waals surface area contributed by atoms with Crippen LogP contribution in [0.4, 0.5) is 11.4 Å². The fraction of sp³-hybridized carbons (Fsp3) is 0.368. The van der Waals surface area contributed by atoms with E-state index in [4.69, 9.17) is 0 Å². The predicted octanol–water partition coefficient (Wildman–Crippen LogP) is 3.34. The summed E-state index contributed by atoms with van der Waals surface area (Å²) in [6, 6.07) is 10.3. The molecule has 146 valence electrons. The van der Waals surface area contributed by atoms with E-state index in [2.05, 4.69) is 4.72 Å². The third-order valence-electron chi connectivity index (χ3n) is 4.82. The topological polar surface area (TPSA) is 83.6 Å². The van der Waals surface area contributed by atoms with Crippen LogP contribution in [0.5, 0.6) is 0 Å². The predicted molar refractivity (Wildman–Crippen MR) is 108 cm³/mol. The molecule has 1 aliphatic heterocycles. The van der Waals surface area contributed by atoms with Gasteiger partial charge in [-0.25, -0.2) is 16.8 Å². The van der Waals surface area contributed by atoms with E-state index in [1.54, 1.807) is 19.1 Å². The van der Waals surface area contributed by atoms with Gasteiger partial charge in [0.2, 0.25) is 10.0 Å². The van der Waals surface area contributed by atoms with Crippen molar-refractivity contribution in [3.8, 4) is 0 Å². The number of benzene rings is 2. The minimum absolute atomic E-state index is 0.0865. The van der Waals surface area contributed by atoms with E-state index in [0.29, 0.717) is 29.9 Å². The number of sulfonamides is 2. The van der Waals surface area contributed by atoms with Crippen LogP contribution in [0.1, 0.15) is 29.5 Å². The number of anilines is 2. The normalized spacial score (nSPS) is 16.9. The first-order valence-corrected chi connectivity index (χ1v) is 11.9. The van der Waals surface area contributed by atoms with Gasteiger partial charge in [-0.3, -0.25) is 9.03 Å². The van der Waals surface area contributed by atoms with Gasteiger partial charge < -0.3 is 0 Å². The lowest BCUT2D eigenvalue weighted by Gasteiger charge is -2.28. The van der Waals surface area contributed by atoms with Crippen LogP contribution in [0.3, 0.4) is 0 Å². The molecule has 1 aliphatic rings. The highest BCUT2D eigenvalue weighted by Gasteiger charge is 2.28. The maximum absolute atomic E-state index is 13.0. The van der Waals surface area contributed by atoms with Crippen molar-refractivity contribution >= 4 is 31.4 Å². The molecule has 1 heterocycles. The lowest BCUT2D eigenvalue weighted by molar-refractivity contribution is 0.574. The summed E-state index contributed by atoms with van der Waals surface area (Å²) in [6.45, 7) is 5.76. The summed E-state index contributed by atoms with van der Waals surface area (Å²) in [5.41, 5.74) is 3.15. The van der Waals surface area contributed by atoms with Gasteiger partial charge in [-0.1, -0.05) is 24.3 Å². The average Bonchev–Trinajstić information content (AvgIpc) is 2.58. The summed E-state index contributed by atoms with van der Waals surface area (Å²) >= 11 is 0. The van der Waals surface area contributed by atoms with E-state index in [-0.39, 0.29) is 10.6 Å². The second kappa shape index (κ2) is 7.16. The van der Waals surface area contributed by atoms with Crippen molar-refractivity contribution in [2.24, 2.45) is 0 Å². The van der Waals surface area contributed by atoms with Crippen molar-refractivity contribution in [3.63, 3.8) is 0 Å². The third kappa shape index (κ3) is 3.96. The van der Waals surface area contributed by atoms with Crippen LogP contribution in [0.2, 0.25) is 0 Å². The third-order valence-corrected chi connectivity index (χ3v) is 8.18. The number of nitrogens with one attached hydrogen (secondary N) is 1. The Kier molecular flexibility index (Phi) is 5.22. The Hall–Kier alpha value is -2.06. The highest BCUT2D eigenvalue weighted by Crippen LogP contribution is 2.30. The Bertz CT molecular complexity index is 1060. The number of rotatable bonds is 4. The number of aryl methyl sites for hydroxylation is 3. The van der Waals surface area contributed by atoms with Crippen LogP contribution in [0.15, 0.2) is 41.3 Å². The van der Waals surface area contributed by atoms with Crippen LogP contribution in [-0.4, -0.2) is 29.1 Å². The first-order valence-electron chi connectivity index (χ1n) is 8.82. The molecule has 1 saturated heterocycles. The van der Waals surface area contributed by atoms with Crippen molar-refractivity contribution in [3.05, 3.63) is 53.1 Å². The van der Waals surface area contributed by atoms with E-state index in [9.17, 15) is 16.8 Å². The molecule has 1 N–H and O–H groups in total. The SMILES string of the molecule is Cc1ccc(N2CCCCS2(=O)=O)cc1S(=O)(=O)Nc1c(C)cccc1C. The van der Waals surface area contributed by atoms with Gasteiger partial charge in [0.15, 0.2) is 0 Å². The smallest absolute Gasteiger partial charge is 0.262 e. The van der Waals surface area contributed by atoms with Gasteiger partial charge in [-0.2, -0.15) is 0 Å². The van der Waals surface area contributed by atoms with Gasteiger partial charge in [-0.05, 0) is 62.4 Å². The molecule has 8 heteroatoms. The van der Waals surface area contributed by atoms with Crippen molar-refractivity contribution in [1.82, 2.24) is 0 Å².